The van der Waals surface area contributed by atoms with Gasteiger partial charge in [-0.25, -0.2) is 9.98 Å². The van der Waals surface area contributed by atoms with E-state index in [4.69, 9.17) is 14.7 Å². The third kappa shape index (κ3) is 5.92. The van der Waals surface area contributed by atoms with E-state index >= 15 is 0 Å². The molecule has 5 rings (SSSR count). The molecule has 0 N–H and O–H groups in total. The van der Waals surface area contributed by atoms with E-state index < -0.39 is 0 Å². The van der Waals surface area contributed by atoms with Gasteiger partial charge >= 0.3 is 39.3 Å². The fourth-order valence-electron chi connectivity index (χ4n) is 4.76. The van der Waals surface area contributed by atoms with E-state index in [1.807, 2.05) is 24.3 Å². The zero-order chi connectivity index (χ0) is 26.5. The standard InChI is InChI=1S/C31H30N2O.2BrH.Ni/c1-19(2)24-11-8-12-25(20(3)4)29(24)33-31-27-14-7-10-21-9-6-13-26(28(21)27)30(31)32-22-15-17-23(34-5)18-16-22;;;/h6-20H,1-5H3;2*1H;/q;;;+2/p-2. The second-order valence-electron chi connectivity index (χ2n) is 9.47. The number of nitrogens with zero attached hydrogens (tertiary/aromatic N) is 2. The summed E-state index contributed by atoms with van der Waals surface area (Å²) >= 11 is 6.00. The molecule has 0 radical (unpaired) electrons. The number of benzene rings is 4. The van der Waals surface area contributed by atoms with Crippen LogP contribution in [-0.2, 0) is 10.9 Å². The zero-order valence-corrected chi connectivity index (χ0v) is 25.7. The van der Waals surface area contributed by atoms with Crippen LogP contribution in [0.25, 0.3) is 10.8 Å². The normalized spacial score (nSPS) is 14.6. The Morgan fingerprint density at radius 1 is 0.676 bits per heavy atom. The summed E-state index contributed by atoms with van der Waals surface area (Å²) in [5, 5.41) is 2.44. The number of para-hydroxylation sites is 1. The summed E-state index contributed by atoms with van der Waals surface area (Å²) < 4.78 is 5.34. The van der Waals surface area contributed by atoms with Crippen molar-refractivity contribution in [2.24, 2.45) is 9.98 Å². The Kier molecular flexibility index (Phi) is 9.39. The molecule has 0 bridgehead atoms. The molecule has 37 heavy (non-hydrogen) atoms. The fraction of sp³-hybridized carbons (Fsp3) is 0.226. The van der Waals surface area contributed by atoms with Crippen molar-refractivity contribution in [3.05, 3.63) is 101 Å². The average Bonchev–Trinajstić information content (AvgIpc) is 3.19. The summed E-state index contributed by atoms with van der Waals surface area (Å²) in [5.41, 5.74) is 8.65. The molecule has 0 saturated heterocycles. The van der Waals surface area contributed by atoms with Crippen LogP contribution in [0.2, 0.25) is 0 Å². The first kappa shape index (κ1) is 27.8. The molecular weight excluding hydrogens is 635 g/mol. The monoisotopic (exact) mass is 662 g/mol. The number of ether oxygens (including phenoxy) is 1. The minimum atomic E-state index is 0.375. The molecule has 0 aliphatic heterocycles. The predicted octanol–water partition coefficient (Wildman–Crippen LogP) is 10.0. The Bertz CT molecular complexity index is 1430. The number of halogens is 2. The minimum absolute atomic E-state index is 0.375. The molecule has 0 amide bonds. The molecule has 1 aliphatic rings. The molecule has 0 spiro atoms. The Morgan fingerprint density at radius 2 is 1.16 bits per heavy atom. The topological polar surface area (TPSA) is 34.0 Å². The molecule has 4 aromatic rings. The predicted molar refractivity (Wildman–Crippen MR) is 162 cm³/mol. The van der Waals surface area contributed by atoms with Gasteiger partial charge in [0.05, 0.1) is 29.9 Å². The molecule has 1 aliphatic carbocycles. The van der Waals surface area contributed by atoms with Crippen molar-refractivity contribution in [2.75, 3.05) is 7.11 Å². The first-order valence-corrected chi connectivity index (χ1v) is 17.1. The van der Waals surface area contributed by atoms with Gasteiger partial charge in [-0.15, -0.1) is 0 Å². The first-order chi connectivity index (χ1) is 17.9. The van der Waals surface area contributed by atoms with Crippen LogP contribution in [0.15, 0.2) is 88.8 Å². The summed E-state index contributed by atoms with van der Waals surface area (Å²) in [5.74, 6) is 1.57. The van der Waals surface area contributed by atoms with Gasteiger partial charge in [0.15, 0.2) is 0 Å². The summed E-state index contributed by atoms with van der Waals surface area (Å²) in [7, 11) is 2.93. The van der Waals surface area contributed by atoms with Crippen molar-refractivity contribution < 1.29 is 15.6 Å². The van der Waals surface area contributed by atoms with Gasteiger partial charge in [-0.2, -0.15) is 0 Å². The van der Waals surface area contributed by atoms with Crippen molar-refractivity contribution in [3.63, 3.8) is 0 Å². The van der Waals surface area contributed by atoms with Gasteiger partial charge < -0.3 is 4.74 Å². The molecule has 4 aromatic carbocycles. The number of hydrogen-bond donors (Lipinski definition) is 0. The maximum atomic E-state index is 5.41. The summed E-state index contributed by atoms with van der Waals surface area (Å²) in [4.78, 5) is 10.5. The molecule has 0 fully saturated rings. The molecule has 0 aromatic heterocycles. The van der Waals surface area contributed by atoms with Gasteiger partial charge in [0.2, 0.25) is 0 Å². The molecule has 0 saturated carbocycles. The third-order valence-electron chi connectivity index (χ3n) is 6.52. The van der Waals surface area contributed by atoms with Crippen LogP contribution in [0, 0.1) is 0 Å². The Hall–Kier alpha value is -2.27. The Labute approximate surface area is 239 Å². The van der Waals surface area contributed by atoms with Crippen molar-refractivity contribution in [2.45, 2.75) is 39.5 Å². The second-order valence-corrected chi connectivity index (χ2v) is 14.5. The summed E-state index contributed by atoms with van der Waals surface area (Å²) in [6.45, 7) is 8.94. The average molecular weight is 665 g/mol. The van der Waals surface area contributed by atoms with Crippen LogP contribution in [0.4, 0.5) is 11.4 Å². The Morgan fingerprint density at radius 3 is 1.65 bits per heavy atom. The van der Waals surface area contributed by atoms with E-state index in [2.05, 4.69) is 111 Å². The van der Waals surface area contributed by atoms with E-state index in [-0.39, 0.29) is 0 Å². The quantitative estimate of drug-likeness (QED) is 0.196. The van der Waals surface area contributed by atoms with Gasteiger partial charge in [0.1, 0.15) is 5.75 Å². The summed E-state index contributed by atoms with van der Waals surface area (Å²) in [6.07, 6.45) is 0. The van der Waals surface area contributed by atoms with Crippen molar-refractivity contribution in [1.82, 2.24) is 0 Å². The van der Waals surface area contributed by atoms with Crippen molar-refractivity contribution in [3.8, 4) is 5.75 Å². The third-order valence-corrected chi connectivity index (χ3v) is 6.52. The van der Waals surface area contributed by atoms with Crippen LogP contribution >= 0.6 is 28.5 Å². The SMILES string of the molecule is COc1ccc(N=C2C(=Nc3c(C(C)C)cccc3C(C)C)c3cccc4cccc2c34)cc1.[Br][Ni][Br]. The number of aliphatic imine (C=N–C) groups is 2. The number of rotatable bonds is 5. The maximum absolute atomic E-state index is 5.41. The van der Waals surface area contributed by atoms with Crippen molar-refractivity contribution >= 4 is 62.0 Å². The van der Waals surface area contributed by atoms with E-state index in [1.165, 1.54) is 32.8 Å². The van der Waals surface area contributed by atoms with E-state index in [0.29, 0.717) is 11.8 Å². The molecule has 0 heterocycles. The Balaban J connectivity index is 0.00000102. The number of methoxy groups -OCH3 is 1. The van der Waals surface area contributed by atoms with Crippen LogP contribution < -0.4 is 4.74 Å². The fourth-order valence-corrected chi connectivity index (χ4v) is 4.76. The number of hydrogen-bond acceptors (Lipinski definition) is 3. The van der Waals surface area contributed by atoms with Crippen LogP contribution in [0.1, 0.15) is 61.8 Å². The summed E-state index contributed by atoms with van der Waals surface area (Å²) in [6, 6.07) is 27.3. The van der Waals surface area contributed by atoms with Crippen molar-refractivity contribution in [1.29, 1.82) is 0 Å². The van der Waals surface area contributed by atoms with E-state index in [1.54, 1.807) is 7.11 Å². The van der Waals surface area contributed by atoms with Gasteiger partial charge in [-0.3, -0.25) is 0 Å². The molecule has 3 nitrogen and oxygen atoms in total. The molecule has 0 atom stereocenters. The first-order valence-electron chi connectivity index (χ1n) is 12.2. The second kappa shape index (κ2) is 12.5. The van der Waals surface area contributed by atoms with Gasteiger partial charge in [0, 0.05) is 16.5 Å². The van der Waals surface area contributed by atoms with Crippen LogP contribution in [-0.4, -0.2) is 18.5 Å². The van der Waals surface area contributed by atoms with Gasteiger partial charge in [-0.1, -0.05) is 82.3 Å². The van der Waals surface area contributed by atoms with Crippen LogP contribution in [0.5, 0.6) is 5.75 Å². The molecule has 0 unspecified atom stereocenters. The van der Waals surface area contributed by atoms with E-state index in [0.717, 1.165) is 39.7 Å². The molecule has 6 heteroatoms. The van der Waals surface area contributed by atoms with Gasteiger partial charge in [-0.05, 0) is 52.6 Å². The zero-order valence-electron chi connectivity index (χ0n) is 21.5. The molecular formula is C31H30Br2N2NiO. The van der Waals surface area contributed by atoms with Gasteiger partial charge in [0.25, 0.3) is 0 Å². The molecule has 194 valence electrons. The van der Waals surface area contributed by atoms with Crippen LogP contribution in [0.3, 0.4) is 0 Å². The van der Waals surface area contributed by atoms with E-state index in [9.17, 15) is 0 Å².